The minimum absolute atomic E-state index is 0.554. The van der Waals surface area contributed by atoms with Crippen molar-refractivity contribution in [2.24, 2.45) is 0 Å². The van der Waals surface area contributed by atoms with Gasteiger partial charge in [0, 0.05) is 22.2 Å². The molecule has 3 heteroatoms. The highest BCUT2D eigenvalue weighted by atomic mass is 35.5. The third-order valence-electron chi connectivity index (χ3n) is 2.53. The smallest absolute Gasteiger partial charge is 0.145 e. The Hall–Kier alpha value is -1.70. The maximum atomic E-state index is 5.83. The van der Waals surface area contributed by atoms with Crippen LogP contribution in [-0.4, -0.2) is 0 Å². The molecule has 0 saturated heterocycles. The SMILES string of the molecule is ClC=C(OC(=CCl)c1ccccc1)c1ccccc1. The van der Waals surface area contributed by atoms with Crippen LogP contribution in [-0.2, 0) is 4.74 Å². The second-order valence-electron chi connectivity index (χ2n) is 3.78. The molecule has 0 radical (unpaired) electrons. The first-order chi connectivity index (χ1) is 9.35. The maximum absolute atomic E-state index is 5.83. The van der Waals surface area contributed by atoms with E-state index in [1.165, 1.54) is 11.1 Å². The summed E-state index contributed by atoms with van der Waals surface area (Å²) in [7, 11) is 0. The van der Waals surface area contributed by atoms with Gasteiger partial charge in [-0.25, -0.2) is 0 Å². The first kappa shape index (κ1) is 13.7. The van der Waals surface area contributed by atoms with Gasteiger partial charge in [0.2, 0.25) is 0 Å². The van der Waals surface area contributed by atoms with Crippen LogP contribution in [0.25, 0.3) is 11.5 Å². The lowest BCUT2D eigenvalue weighted by Gasteiger charge is -2.12. The van der Waals surface area contributed by atoms with Gasteiger partial charge in [0.1, 0.15) is 11.5 Å². The molecule has 0 fully saturated rings. The quantitative estimate of drug-likeness (QED) is 0.678. The molecule has 0 bridgehead atoms. The Labute approximate surface area is 122 Å². The van der Waals surface area contributed by atoms with E-state index >= 15 is 0 Å². The highest BCUT2D eigenvalue weighted by Gasteiger charge is 2.07. The molecule has 0 aromatic heterocycles. The monoisotopic (exact) mass is 290 g/mol. The van der Waals surface area contributed by atoms with E-state index in [0.29, 0.717) is 11.5 Å². The average molecular weight is 291 g/mol. The van der Waals surface area contributed by atoms with Crippen LogP contribution in [0, 0.1) is 0 Å². The Morgan fingerprint density at radius 1 is 0.684 bits per heavy atom. The van der Waals surface area contributed by atoms with Crippen LogP contribution in [0.5, 0.6) is 0 Å². The van der Waals surface area contributed by atoms with Crippen molar-refractivity contribution in [2.75, 3.05) is 0 Å². The molecule has 0 N–H and O–H groups in total. The Bertz CT molecular complexity index is 521. The van der Waals surface area contributed by atoms with Crippen LogP contribution in [0.2, 0.25) is 0 Å². The fourth-order valence-electron chi connectivity index (χ4n) is 1.61. The number of rotatable bonds is 4. The largest absolute Gasteiger partial charge is 0.454 e. The van der Waals surface area contributed by atoms with Gasteiger partial charge in [-0.15, -0.1) is 0 Å². The minimum Gasteiger partial charge on any atom is -0.454 e. The predicted molar refractivity (Wildman–Crippen MR) is 81.6 cm³/mol. The zero-order valence-electron chi connectivity index (χ0n) is 10.1. The van der Waals surface area contributed by atoms with Gasteiger partial charge in [-0.2, -0.15) is 0 Å². The summed E-state index contributed by atoms with van der Waals surface area (Å²) in [5.74, 6) is 1.11. The lowest BCUT2D eigenvalue weighted by atomic mass is 10.2. The molecule has 0 saturated carbocycles. The highest BCUT2D eigenvalue weighted by molar-refractivity contribution is 6.29. The summed E-state index contributed by atoms with van der Waals surface area (Å²) < 4.78 is 5.78. The molecule has 0 amide bonds. The molecule has 1 nitrogen and oxygen atoms in total. The van der Waals surface area contributed by atoms with Gasteiger partial charge in [0.05, 0.1) is 0 Å². The predicted octanol–water partition coefficient (Wildman–Crippen LogP) is 5.48. The Kier molecular flexibility index (Phi) is 5.08. The van der Waals surface area contributed by atoms with E-state index in [4.69, 9.17) is 27.9 Å². The summed E-state index contributed by atoms with van der Waals surface area (Å²) >= 11 is 11.7. The summed E-state index contributed by atoms with van der Waals surface area (Å²) in [6.45, 7) is 0. The van der Waals surface area contributed by atoms with Crippen LogP contribution in [0.1, 0.15) is 11.1 Å². The molecule has 0 unspecified atom stereocenters. The molecule has 96 valence electrons. The molecular formula is C16H12Cl2O. The molecule has 0 aliphatic heterocycles. The molecule has 2 rings (SSSR count). The summed E-state index contributed by atoms with van der Waals surface area (Å²) in [6.07, 6.45) is 0. The van der Waals surface area contributed by atoms with Crippen LogP contribution >= 0.6 is 23.2 Å². The lowest BCUT2D eigenvalue weighted by molar-refractivity contribution is 0.472. The number of hydrogen-bond donors (Lipinski definition) is 0. The molecule has 0 spiro atoms. The number of hydrogen-bond acceptors (Lipinski definition) is 1. The zero-order chi connectivity index (χ0) is 13.5. The van der Waals surface area contributed by atoms with Crippen LogP contribution in [0.15, 0.2) is 71.7 Å². The van der Waals surface area contributed by atoms with Gasteiger partial charge in [-0.05, 0) is 0 Å². The van der Waals surface area contributed by atoms with Gasteiger partial charge in [0.25, 0.3) is 0 Å². The Morgan fingerprint density at radius 2 is 1.05 bits per heavy atom. The fourth-order valence-corrected chi connectivity index (χ4v) is 1.95. The summed E-state index contributed by atoms with van der Waals surface area (Å²) in [6, 6.07) is 19.2. The standard InChI is InChI=1S/C16H12Cl2O/c17-11-15(13-7-3-1-4-8-13)19-16(12-18)14-9-5-2-6-10-14/h1-12H. The Morgan fingerprint density at radius 3 is 1.37 bits per heavy atom. The van der Waals surface area contributed by atoms with E-state index in [2.05, 4.69) is 0 Å². The number of ether oxygens (including phenoxy) is 1. The molecular weight excluding hydrogens is 279 g/mol. The van der Waals surface area contributed by atoms with E-state index in [-0.39, 0.29) is 0 Å². The molecule has 0 aliphatic carbocycles. The average Bonchev–Trinajstić information content (AvgIpc) is 2.50. The van der Waals surface area contributed by atoms with Crippen molar-refractivity contribution in [1.29, 1.82) is 0 Å². The Balaban J connectivity index is 2.24. The second kappa shape index (κ2) is 7.03. The maximum Gasteiger partial charge on any atom is 0.145 e. The fraction of sp³-hybridized carbons (Fsp3) is 0. The van der Waals surface area contributed by atoms with Crippen LogP contribution in [0.4, 0.5) is 0 Å². The zero-order valence-corrected chi connectivity index (χ0v) is 11.6. The normalized spacial score (nSPS) is 12.3. The van der Waals surface area contributed by atoms with Crippen molar-refractivity contribution in [2.45, 2.75) is 0 Å². The molecule has 19 heavy (non-hydrogen) atoms. The summed E-state index contributed by atoms with van der Waals surface area (Å²) in [5, 5.41) is 0. The summed E-state index contributed by atoms with van der Waals surface area (Å²) in [5.41, 5.74) is 4.59. The molecule has 0 aliphatic rings. The van der Waals surface area contributed by atoms with E-state index < -0.39 is 0 Å². The van der Waals surface area contributed by atoms with Crippen LogP contribution < -0.4 is 0 Å². The first-order valence-electron chi connectivity index (χ1n) is 5.74. The van der Waals surface area contributed by atoms with Crippen molar-refractivity contribution < 1.29 is 4.74 Å². The van der Waals surface area contributed by atoms with E-state index in [1.807, 2.05) is 60.7 Å². The molecule has 2 aromatic carbocycles. The van der Waals surface area contributed by atoms with E-state index in [1.54, 1.807) is 0 Å². The third kappa shape index (κ3) is 3.63. The van der Waals surface area contributed by atoms with Crippen LogP contribution in [0.3, 0.4) is 0 Å². The van der Waals surface area contributed by atoms with Gasteiger partial charge in [-0.1, -0.05) is 83.9 Å². The van der Waals surface area contributed by atoms with Gasteiger partial charge >= 0.3 is 0 Å². The van der Waals surface area contributed by atoms with E-state index in [0.717, 1.165) is 11.1 Å². The molecule has 0 heterocycles. The van der Waals surface area contributed by atoms with Crippen molar-refractivity contribution in [3.8, 4) is 0 Å². The van der Waals surface area contributed by atoms with Crippen molar-refractivity contribution in [3.05, 3.63) is 82.9 Å². The van der Waals surface area contributed by atoms with Gasteiger partial charge in [0.15, 0.2) is 0 Å². The van der Waals surface area contributed by atoms with Gasteiger partial charge in [-0.3, -0.25) is 0 Å². The van der Waals surface area contributed by atoms with Crippen molar-refractivity contribution in [1.82, 2.24) is 0 Å². The van der Waals surface area contributed by atoms with Crippen molar-refractivity contribution >= 4 is 34.7 Å². The summed E-state index contributed by atoms with van der Waals surface area (Å²) in [4.78, 5) is 0. The first-order valence-corrected chi connectivity index (χ1v) is 6.62. The highest BCUT2D eigenvalue weighted by Crippen LogP contribution is 2.26. The second-order valence-corrected chi connectivity index (χ2v) is 4.22. The minimum atomic E-state index is 0.554. The van der Waals surface area contributed by atoms with Crippen molar-refractivity contribution in [3.63, 3.8) is 0 Å². The topological polar surface area (TPSA) is 9.23 Å². The lowest BCUT2D eigenvalue weighted by Crippen LogP contribution is -1.92. The molecule has 0 atom stereocenters. The molecule has 2 aromatic rings. The number of benzene rings is 2. The van der Waals surface area contributed by atoms with E-state index in [9.17, 15) is 0 Å². The third-order valence-corrected chi connectivity index (χ3v) is 2.93. The number of halogens is 2. The van der Waals surface area contributed by atoms with Gasteiger partial charge < -0.3 is 4.74 Å².